The second kappa shape index (κ2) is 9.02. The van der Waals surface area contributed by atoms with E-state index < -0.39 is 0 Å². The number of carbonyl (C=O) groups excluding carboxylic acids is 2. The zero-order valence-electron chi connectivity index (χ0n) is 15.0. The number of ether oxygens (including phenoxy) is 1. The summed E-state index contributed by atoms with van der Waals surface area (Å²) in [4.78, 5) is 24.5. The predicted octanol–water partition coefficient (Wildman–Crippen LogP) is 0.720. The zero-order valence-corrected chi connectivity index (χ0v) is 15.0. The van der Waals surface area contributed by atoms with E-state index >= 15 is 0 Å². The van der Waals surface area contributed by atoms with E-state index in [1.807, 2.05) is 48.5 Å². The summed E-state index contributed by atoms with van der Waals surface area (Å²) >= 11 is 0. The van der Waals surface area contributed by atoms with Gasteiger partial charge in [-0.2, -0.15) is 0 Å². The number of anilines is 1. The van der Waals surface area contributed by atoms with E-state index in [4.69, 9.17) is 4.74 Å². The van der Waals surface area contributed by atoms with Crippen LogP contribution in [0.1, 0.15) is 11.6 Å². The van der Waals surface area contributed by atoms with Crippen molar-refractivity contribution in [2.45, 2.75) is 6.04 Å². The van der Waals surface area contributed by atoms with Crippen LogP contribution >= 0.6 is 0 Å². The second-order valence-electron chi connectivity index (χ2n) is 6.11. The van der Waals surface area contributed by atoms with Gasteiger partial charge in [-0.15, -0.1) is 0 Å². The van der Waals surface area contributed by atoms with E-state index in [1.165, 1.54) is 0 Å². The van der Waals surface area contributed by atoms with Crippen molar-refractivity contribution in [3.05, 3.63) is 60.2 Å². The van der Waals surface area contributed by atoms with Crippen molar-refractivity contribution in [1.29, 1.82) is 0 Å². The van der Waals surface area contributed by atoms with Crippen molar-refractivity contribution in [3.63, 3.8) is 0 Å². The average molecular weight is 369 g/mol. The van der Waals surface area contributed by atoms with E-state index in [0.29, 0.717) is 18.0 Å². The number of methoxy groups -OCH3 is 1. The smallest absolute Gasteiger partial charge is 0.257 e. The van der Waals surface area contributed by atoms with Crippen LogP contribution in [0.15, 0.2) is 54.6 Å². The first-order chi connectivity index (χ1) is 13.2. The first kappa shape index (κ1) is 18.7. The quantitative estimate of drug-likeness (QED) is 0.481. The van der Waals surface area contributed by atoms with E-state index in [0.717, 1.165) is 5.56 Å². The van der Waals surface area contributed by atoms with Crippen molar-refractivity contribution >= 4 is 17.5 Å². The van der Waals surface area contributed by atoms with Gasteiger partial charge in [0, 0.05) is 6.54 Å². The number of benzene rings is 2. The minimum absolute atomic E-state index is 0.00390. The standard InChI is InChI=1S/C19H23N5O3/c1-27-16-10-6-5-9-15(16)20-12-17(25)22-24-19(26)14-11-21-23-18(14)13-7-3-2-4-8-13/h2-10,14,18,20-21,23H,11-12H2,1H3,(H,22,25)(H,24,26). The molecule has 0 saturated carbocycles. The summed E-state index contributed by atoms with van der Waals surface area (Å²) in [5.74, 6) is -0.311. The van der Waals surface area contributed by atoms with Gasteiger partial charge in [-0.25, -0.2) is 5.43 Å². The second-order valence-corrected chi connectivity index (χ2v) is 6.11. The Morgan fingerprint density at radius 1 is 1.07 bits per heavy atom. The number of rotatable bonds is 6. The summed E-state index contributed by atoms with van der Waals surface area (Å²) in [6.07, 6.45) is 0. The van der Waals surface area contributed by atoms with Crippen LogP contribution in [0.5, 0.6) is 5.75 Å². The van der Waals surface area contributed by atoms with Gasteiger partial charge in [0.15, 0.2) is 0 Å². The van der Waals surface area contributed by atoms with Crippen LogP contribution in [-0.4, -0.2) is 32.0 Å². The Balaban J connectivity index is 1.49. The molecule has 5 N–H and O–H groups in total. The van der Waals surface area contributed by atoms with Crippen LogP contribution in [0, 0.1) is 5.92 Å². The van der Waals surface area contributed by atoms with E-state index in [-0.39, 0.29) is 30.3 Å². The molecule has 2 aromatic carbocycles. The Hall–Kier alpha value is -3.10. The largest absolute Gasteiger partial charge is 0.495 e. The zero-order chi connectivity index (χ0) is 19.1. The van der Waals surface area contributed by atoms with Crippen molar-refractivity contribution in [2.24, 2.45) is 5.92 Å². The molecule has 2 atom stereocenters. The van der Waals surface area contributed by atoms with Gasteiger partial charge in [0.1, 0.15) is 5.75 Å². The molecule has 8 nitrogen and oxygen atoms in total. The van der Waals surface area contributed by atoms with Crippen LogP contribution in [-0.2, 0) is 9.59 Å². The molecule has 1 heterocycles. The Labute approximate surface area is 157 Å². The lowest BCUT2D eigenvalue weighted by Crippen LogP contribution is -2.47. The maximum Gasteiger partial charge on any atom is 0.257 e. The molecular weight excluding hydrogens is 346 g/mol. The Bertz CT molecular complexity index is 784. The molecule has 0 aromatic heterocycles. The highest BCUT2D eigenvalue weighted by Gasteiger charge is 2.33. The minimum Gasteiger partial charge on any atom is -0.495 e. The highest BCUT2D eigenvalue weighted by atomic mass is 16.5. The van der Waals surface area contributed by atoms with E-state index in [9.17, 15) is 9.59 Å². The van der Waals surface area contributed by atoms with E-state index in [2.05, 4.69) is 27.0 Å². The Morgan fingerprint density at radius 2 is 1.81 bits per heavy atom. The number of carbonyl (C=O) groups is 2. The fourth-order valence-electron chi connectivity index (χ4n) is 2.95. The maximum absolute atomic E-state index is 12.5. The van der Waals surface area contributed by atoms with Gasteiger partial charge in [-0.05, 0) is 17.7 Å². The number of para-hydroxylation sites is 2. The van der Waals surface area contributed by atoms with Crippen LogP contribution in [0.3, 0.4) is 0 Å². The molecule has 27 heavy (non-hydrogen) atoms. The highest BCUT2D eigenvalue weighted by Crippen LogP contribution is 2.24. The first-order valence-corrected chi connectivity index (χ1v) is 8.68. The molecule has 0 aliphatic carbocycles. The van der Waals surface area contributed by atoms with Crippen molar-refractivity contribution < 1.29 is 14.3 Å². The molecular formula is C19H23N5O3. The van der Waals surface area contributed by atoms with Gasteiger partial charge in [0.25, 0.3) is 5.91 Å². The molecule has 8 heteroatoms. The first-order valence-electron chi connectivity index (χ1n) is 8.68. The molecule has 1 aliphatic heterocycles. The van der Waals surface area contributed by atoms with Crippen LogP contribution < -0.4 is 31.8 Å². The van der Waals surface area contributed by atoms with Crippen molar-refractivity contribution in [3.8, 4) is 5.75 Å². The summed E-state index contributed by atoms with van der Waals surface area (Å²) in [5, 5.41) is 2.98. The fourth-order valence-corrected chi connectivity index (χ4v) is 2.95. The van der Waals surface area contributed by atoms with E-state index in [1.54, 1.807) is 13.2 Å². The molecule has 2 aromatic rings. The van der Waals surface area contributed by atoms with Crippen LogP contribution in [0.4, 0.5) is 5.69 Å². The number of hydrazine groups is 2. The minimum atomic E-state index is -0.357. The summed E-state index contributed by atoms with van der Waals surface area (Å²) in [6.45, 7) is 0.477. The Kier molecular flexibility index (Phi) is 6.24. The monoisotopic (exact) mass is 369 g/mol. The fraction of sp³-hybridized carbons (Fsp3) is 0.263. The van der Waals surface area contributed by atoms with Gasteiger partial charge in [-0.3, -0.25) is 25.9 Å². The third-order valence-corrected chi connectivity index (χ3v) is 4.35. The molecule has 2 unspecified atom stereocenters. The van der Waals surface area contributed by atoms with Crippen molar-refractivity contribution in [2.75, 3.05) is 25.5 Å². The predicted molar refractivity (Wildman–Crippen MR) is 102 cm³/mol. The van der Waals surface area contributed by atoms with Gasteiger partial charge in [0.05, 0.1) is 31.3 Å². The number of amides is 2. The normalized spacial score (nSPS) is 18.6. The van der Waals surface area contributed by atoms with Gasteiger partial charge < -0.3 is 10.1 Å². The van der Waals surface area contributed by atoms with Gasteiger partial charge in [0.2, 0.25) is 5.91 Å². The molecule has 0 bridgehead atoms. The van der Waals surface area contributed by atoms with Crippen molar-refractivity contribution in [1.82, 2.24) is 21.7 Å². The molecule has 142 valence electrons. The number of hydrogen-bond donors (Lipinski definition) is 5. The lowest BCUT2D eigenvalue weighted by Gasteiger charge is -2.18. The SMILES string of the molecule is COc1ccccc1NCC(=O)NNC(=O)C1CNNC1c1ccccc1. The van der Waals surface area contributed by atoms with Gasteiger partial charge >= 0.3 is 0 Å². The number of nitrogens with one attached hydrogen (secondary N) is 5. The highest BCUT2D eigenvalue weighted by molar-refractivity contribution is 5.86. The van der Waals surface area contributed by atoms with Gasteiger partial charge in [-0.1, -0.05) is 42.5 Å². The average Bonchev–Trinajstić information content (AvgIpc) is 3.21. The summed E-state index contributed by atoms with van der Waals surface area (Å²) < 4.78 is 5.22. The molecule has 0 radical (unpaired) electrons. The third-order valence-electron chi connectivity index (χ3n) is 4.35. The summed E-state index contributed by atoms with van der Waals surface area (Å²) in [7, 11) is 1.56. The van der Waals surface area contributed by atoms with Crippen LogP contribution in [0.2, 0.25) is 0 Å². The lowest BCUT2D eigenvalue weighted by atomic mass is 9.94. The third kappa shape index (κ3) is 4.75. The topological polar surface area (TPSA) is 104 Å². The maximum atomic E-state index is 12.5. The molecule has 1 saturated heterocycles. The summed E-state index contributed by atoms with van der Waals surface area (Å²) in [5.41, 5.74) is 12.8. The summed E-state index contributed by atoms with van der Waals surface area (Å²) in [6, 6.07) is 16.8. The Morgan fingerprint density at radius 3 is 2.59 bits per heavy atom. The molecule has 1 aliphatic rings. The molecule has 2 amide bonds. The molecule has 1 fully saturated rings. The van der Waals surface area contributed by atoms with Crippen LogP contribution in [0.25, 0.3) is 0 Å². The lowest BCUT2D eigenvalue weighted by molar-refractivity contribution is -0.130. The molecule has 0 spiro atoms. The number of hydrogen-bond acceptors (Lipinski definition) is 6. The molecule has 3 rings (SSSR count).